The number of halogens is 1. The standard InChI is InChI=1S/C11H15BrN2O2S/c1-7-4-8(7)6-14-17(15,16)11-3-2-9(13)5-10(11)12/h2-3,5,7-8,14H,4,6,13H2,1H3. The quantitative estimate of drug-likeness (QED) is 0.834. The largest absolute Gasteiger partial charge is 0.399 e. The first-order valence-corrected chi connectivity index (χ1v) is 7.72. The summed E-state index contributed by atoms with van der Waals surface area (Å²) in [6.07, 6.45) is 1.10. The SMILES string of the molecule is CC1CC1CNS(=O)(=O)c1ccc(N)cc1Br. The summed E-state index contributed by atoms with van der Waals surface area (Å²) in [6, 6.07) is 4.69. The van der Waals surface area contributed by atoms with Gasteiger partial charge >= 0.3 is 0 Å². The maximum atomic E-state index is 12.0. The zero-order chi connectivity index (χ0) is 12.6. The van der Waals surface area contributed by atoms with E-state index >= 15 is 0 Å². The number of benzene rings is 1. The molecular formula is C11H15BrN2O2S. The molecule has 0 heterocycles. The van der Waals surface area contributed by atoms with E-state index in [0.29, 0.717) is 28.5 Å². The van der Waals surface area contributed by atoms with Crippen molar-refractivity contribution in [3.63, 3.8) is 0 Å². The third-order valence-electron chi connectivity index (χ3n) is 3.06. The van der Waals surface area contributed by atoms with Gasteiger partial charge in [0, 0.05) is 16.7 Å². The molecule has 0 aromatic heterocycles. The molecule has 1 aromatic carbocycles. The lowest BCUT2D eigenvalue weighted by atomic mass is 10.3. The van der Waals surface area contributed by atoms with E-state index < -0.39 is 10.0 Å². The lowest BCUT2D eigenvalue weighted by Gasteiger charge is -2.08. The fourth-order valence-corrected chi connectivity index (χ4v) is 3.90. The number of hydrogen-bond donors (Lipinski definition) is 2. The Morgan fingerprint density at radius 2 is 2.18 bits per heavy atom. The van der Waals surface area contributed by atoms with Crippen LogP contribution in [0.15, 0.2) is 27.6 Å². The zero-order valence-corrected chi connectivity index (χ0v) is 11.9. The Bertz CT molecular complexity index is 530. The van der Waals surface area contributed by atoms with Crippen molar-refractivity contribution in [2.24, 2.45) is 11.8 Å². The summed E-state index contributed by atoms with van der Waals surface area (Å²) in [5.41, 5.74) is 6.11. The van der Waals surface area contributed by atoms with Crippen LogP contribution in [0.4, 0.5) is 5.69 Å². The lowest BCUT2D eigenvalue weighted by Crippen LogP contribution is -2.26. The third-order valence-corrected chi connectivity index (χ3v) is 5.46. The summed E-state index contributed by atoms with van der Waals surface area (Å²) >= 11 is 3.22. The van der Waals surface area contributed by atoms with Crippen LogP contribution in [0.5, 0.6) is 0 Å². The number of nitrogens with one attached hydrogen (secondary N) is 1. The highest BCUT2D eigenvalue weighted by Crippen LogP contribution is 2.37. The molecule has 2 unspecified atom stereocenters. The van der Waals surface area contributed by atoms with E-state index in [1.54, 1.807) is 12.1 Å². The van der Waals surface area contributed by atoms with Gasteiger partial charge in [-0.05, 0) is 52.4 Å². The summed E-state index contributed by atoms with van der Waals surface area (Å²) in [4.78, 5) is 0.236. The molecule has 2 rings (SSSR count). The molecule has 1 aromatic rings. The van der Waals surface area contributed by atoms with Crippen LogP contribution < -0.4 is 10.5 Å². The van der Waals surface area contributed by atoms with Gasteiger partial charge in [-0.25, -0.2) is 13.1 Å². The highest BCUT2D eigenvalue weighted by atomic mass is 79.9. The van der Waals surface area contributed by atoms with Gasteiger partial charge in [-0.2, -0.15) is 0 Å². The minimum Gasteiger partial charge on any atom is -0.399 e. The van der Waals surface area contributed by atoms with Crippen molar-refractivity contribution in [1.82, 2.24) is 4.72 Å². The van der Waals surface area contributed by atoms with Crippen LogP contribution in [0.2, 0.25) is 0 Å². The highest BCUT2D eigenvalue weighted by molar-refractivity contribution is 9.10. The molecule has 4 nitrogen and oxygen atoms in total. The number of nitrogen functional groups attached to an aromatic ring is 1. The van der Waals surface area contributed by atoms with Crippen LogP contribution in [0.25, 0.3) is 0 Å². The minimum atomic E-state index is -3.44. The van der Waals surface area contributed by atoms with Gasteiger partial charge in [0.1, 0.15) is 0 Å². The molecule has 1 aliphatic carbocycles. The number of hydrogen-bond acceptors (Lipinski definition) is 3. The van der Waals surface area contributed by atoms with Crippen LogP contribution in [-0.4, -0.2) is 15.0 Å². The molecule has 6 heteroatoms. The van der Waals surface area contributed by atoms with Crippen molar-refractivity contribution in [2.75, 3.05) is 12.3 Å². The molecule has 0 radical (unpaired) electrons. The molecule has 0 aliphatic heterocycles. The Kier molecular flexibility index (Phi) is 3.47. The van der Waals surface area contributed by atoms with Gasteiger partial charge < -0.3 is 5.73 Å². The first-order valence-electron chi connectivity index (χ1n) is 5.45. The Labute approximate surface area is 110 Å². The van der Waals surface area contributed by atoms with E-state index in [9.17, 15) is 8.42 Å². The minimum absolute atomic E-state index is 0.236. The second-order valence-corrected chi connectivity index (χ2v) is 7.10. The van der Waals surface area contributed by atoms with Crippen LogP contribution in [0, 0.1) is 11.8 Å². The molecule has 0 spiro atoms. The first-order chi connectivity index (χ1) is 7.90. The van der Waals surface area contributed by atoms with E-state index in [4.69, 9.17) is 5.73 Å². The third kappa shape index (κ3) is 3.00. The Morgan fingerprint density at radius 3 is 2.71 bits per heavy atom. The predicted octanol–water partition coefficient (Wildman–Crippen LogP) is 1.97. The zero-order valence-electron chi connectivity index (χ0n) is 9.48. The fraction of sp³-hybridized carbons (Fsp3) is 0.455. The van der Waals surface area contributed by atoms with Gasteiger partial charge in [0.2, 0.25) is 10.0 Å². The van der Waals surface area contributed by atoms with Gasteiger partial charge in [-0.1, -0.05) is 6.92 Å². The summed E-state index contributed by atoms with van der Waals surface area (Å²) in [6.45, 7) is 2.64. The van der Waals surface area contributed by atoms with E-state index in [-0.39, 0.29) is 4.90 Å². The molecule has 2 atom stereocenters. The predicted molar refractivity (Wildman–Crippen MR) is 71.0 cm³/mol. The normalized spacial score (nSPS) is 23.6. The topological polar surface area (TPSA) is 72.2 Å². The number of rotatable bonds is 4. The van der Waals surface area contributed by atoms with Gasteiger partial charge in [0.15, 0.2) is 0 Å². The van der Waals surface area contributed by atoms with Crippen LogP contribution in [0.1, 0.15) is 13.3 Å². The lowest BCUT2D eigenvalue weighted by molar-refractivity contribution is 0.574. The van der Waals surface area contributed by atoms with Crippen molar-refractivity contribution in [2.45, 2.75) is 18.2 Å². The summed E-state index contributed by atoms with van der Waals surface area (Å²) in [5, 5.41) is 0. The monoisotopic (exact) mass is 318 g/mol. The molecule has 0 saturated heterocycles. The van der Waals surface area contributed by atoms with E-state index in [0.717, 1.165) is 6.42 Å². The van der Waals surface area contributed by atoms with Crippen LogP contribution >= 0.6 is 15.9 Å². The maximum Gasteiger partial charge on any atom is 0.241 e. The number of nitrogens with two attached hydrogens (primary N) is 1. The summed E-state index contributed by atoms with van der Waals surface area (Å²) in [7, 11) is -3.44. The van der Waals surface area contributed by atoms with Crippen molar-refractivity contribution in [3.8, 4) is 0 Å². The molecular weight excluding hydrogens is 304 g/mol. The molecule has 0 amide bonds. The van der Waals surface area contributed by atoms with E-state index in [1.165, 1.54) is 6.07 Å². The smallest absolute Gasteiger partial charge is 0.241 e. The van der Waals surface area contributed by atoms with Crippen molar-refractivity contribution in [1.29, 1.82) is 0 Å². The average Bonchev–Trinajstić information content (AvgIpc) is 2.91. The Balaban J connectivity index is 2.13. The van der Waals surface area contributed by atoms with Crippen LogP contribution in [-0.2, 0) is 10.0 Å². The summed E-state index contributed by atoms with van der Waals surface area (Å²) < 4.78 is 27.2. The Hall–Kier alpha value is -0.590. The fourth-order valence-electron chi connectivity index (χ4n) is 1.71. The second kappa shape index (κ2) is 4.59. The number of sulfonamides is 1. The first kappa shape index (κ1) is 12.9. The van der Waals surface area contributed by atoms with Gasteiger partial charge in [-0.3, -0.25) is 0 Å². The van der Waals surface area contributed by atoms with Gasteiger partial charge in [0.05, 0.1) is 4.90 Å². The van der Waals surface area contributed by atoms with E-state index in [2.05, 4.69) is 27.6 Å². The molecule has 1 aliphatic rings. The van der Waals surface area contributed by atoms with Crippen molar-refractivity contribution in [3.05, 3.63) is 22.7 Å². The van der Waals surface area contributed by atoms with Crippen molar-refractivity contribution < 1.29 is 8.42 Å². The van der Waals surface area contributed by atoms with Gasteiger partial charge in [-0.15, -0.1) is 0 Å². The van der Waals surface area contributed by atoms with Gasteiger partial charge in [0.25, 0.3) is 0 Å². The second-order valence-electron chi connectivity index (χ2n) is 4.51. The average molecular weight is 319 g/mol. The Morgan fingerprint density at radius 1 is 1.53 bits per heavy atom. The molecule has 0 bridgehead atoms. The molecule has 1 fully saturated rings. The summed E-state index contributed by atoms with van der Waals surface area (Å²) in [5.74, 6) is 1.12. The number of anilines is 1. The molecule has 3 N–H and O–H groups in total. The molecule has 94 valence electrons. The maximum absolute atomic E-state index is 12.0. The van der Waals surface area contributed by atoms with E-state index in [1.807, 2.05) is 0 Å². The highest BCUT2D eigenvalue weighted by Gasteiger charge is 2.33. The van der Waals surface area contributed by atoms with Crippen LogP contribution in [0.3, 0.4) is 0 Å². The van der Waals surface area contributed by atoms with Crippen molar-refractivity contribution >= 4 is 31.6 Å². The molecule has 17 heavy (non-hydrogen) atoms. The molecule has 1 saturated carbocycles.